The zero-order chi connectivity index (χ0) is 11.7. The van der Waals surface area contributed by atoms with E-state index >= 15 is 0 Å². The van der Waals surface area contributed by atoms with Crippen LogP contribution in [0.15, 0.2) is 24.3 Å². The largest absolute Gasteiger partial charge is 0.385 e. The van der Waals surface area contributed by atoms with Gasteiger partial charge >= 0.3 is 0 Å². The first-order chi connectivity index (χ1) is 8.28. The molecule has 92 valence electrons. The lowest BCUT2D eigenvalue weighted by molar-refractivity contribution is -0.000648. The van der Waals surface area contributed by atoms with Crippen molar-refractivity contribution in [2.45, 2.75) is 62.9 Å². The summed E-state index contributed by atoms with van der Waals surface area (Å²) >= 11 is 0. The standard InChI is InChI=1S/C16H22O/c17-16(11-2-1-3-12-16)15-9-7-14(8-10-15)13-5-4-6-13/h7-10,13,17H,1-6,11-12H2. The Morgan fingerprint density at radius 1 is 0.882 bits per heavy atom. The van der Waals surface area contributed by atoms with Crippen molar-refractivity contribution in [2.75, 3.05) is 0 Å². The van der Waals surface area contributed by atoms with Crippen LogP contribution in [0.3, 0.4) is 0 Å². The molecule has 0 aromatic heterocycles. The molecule has 0 saturated heterocycles. The van der Waals surface area contributed by atoms with Crippen LogP contribution in [0.2, 0.25) is 0 Å². The van der Waals surface area contributed by atoms with E-state index in [0.29, 0.717) is 0 Å². The summed E-state index contributed by atoms with van der Waals surface area (Å²) in [5.41, 5.74) is 2.08. The molecule has 0 heterocycles. The molecular formula is C16H22O. The highest BCUT2D eigenvalue weighted by Gasteiger charge is 2.31. The molecule has 17 heavy (non-hydrogen) atoms. The lowest BCUT2D eigenvalue weighted by Crippen LogP contribution is -2.28. The molecule has 1 aromatic carbocycles. The minimum Gasteiger partial charge on any atom is -0.385 e. The highest BCUT2D eigenvalue weighted by molar-refractivity contribution is 5.30. The quantitative estimate of drug-likeness (QED) is 0.810. The maximum absolute atomic E-state index is 10.6. The zero-order valence-corrected chi connectivity index (χ0v) is 10.5. The van der Waals surface area contributed by atoms with Crippen molar-refractivity contribution in [2.24, 2.45) is 0 Å². The van der Waals surface area contributed by atoms with Crippen LogP contribution in [0, 0.1) is 0 Å². The molecule has 0 amide bonds. The molecule has 0 bridgehead atoms. The first-order valence-corrected chi connectivity index (χ1v) is 7.11. The van der Waals surface area contributed by atoms with Gasteiger partial charge in [-0.1, -0.05) is 49.9 Å². The van der Waals surface area contributed by atoms with Gasteiger partial charge in [0.1, 0.15) is 0 Å². The van der Waals surface area contributed by atoms with Crippen molar-refractivity contribution in [1.29, 1.82) is 0 Å². The molecule has 0 atom stereocenters. The molecule has 0 unspecified atom stereocenters. The van der Waals surface area contributed by atoms with E-state index in [1.165, 1.54) is 44.1 Å². The van der Waals surface area contributed by atoms with E-state index in [1.807, 2.05) is 0 Å². The lowest BCUT2D eigenvalue weighted by Gasteiger charge is -2.33. The van der Waals surface area contributed by atoms with E-state index in [4.69, 9.17) is 0 Å². The second-order valence-electron chi connectivity index (χ2n) is 5.84. The average molecular weight is 230 g/mol. The van der Waals surface area contributed by atoms with E-state index in [0.717, 1.165) is 24.3 Å². The van der Waals surface area contributed by atoms with Gasteiger partial charge in [-0.2, -0.15) is 0 Å². The Bertz CT molecular complexity index is 369. The minimum absolute atomic E-state index is 0.531. The predicted molar refractivity (Wildman–Crippen MR) is 70.0 cm³/mol. The van der Waals surface area contributed by atoms with Crippen molar-refractivity contribution in [3.05, 3.63) is 35.4 Å². The van der Waals surface area contributed by atoms with Crippen molar-refractivity contribution in [3.8, 4) is 0 Å². The van der Waals surface area contributed by atoms with Gasteiger partial charge in [-0.25, -0.2) is 0 Å². The Kier molecular flexibility index (Phi) is 2.96. The van der Waals surface area contributed by atoms with E-state index in [1.54, 1.807) is 0 Å². The maximum atomic E-state index is 10.6. The number of benzene rings is 1. The molecule has 0 radical (unpaired) electrons. The van der Waals surface area contributed by atoms with Crippen LogP contribution < -0.4 is 0 Å². The van der Waals surface area contributed by atoms with Gasteiger partial charge in [0.05, 0.1) is 5.60 Å². The summed E-state index contributed by atoms with van der Waals surface area (Å²) in [6.07, 6.45) is 9.58. The van der Waals surface area contributed by atoms with Gasteiger partial charge in [-0.3, -0.25) is 0 Å². The fourth-order valence-corrected chi connectivity index (χ4v) is 3.23. The molecule has 2 aliphatic rings. The van der Waals surface area contributed by atoms with Gasteiger partial charge in [0.2, 0.25) is 0 Å². The van der Waals surface area contributed by atoms with Crippen LogP contribution in [0.25, 0.3) is 0 Å². The first kappa shape index (κ1) is 11.3. The smallest absolute Gasteiger partial charge is 0.0896 e. The summed E-state index contributed by atoms with van der Waals surface area (Å²) in [6, 6.07) is 8.81. The van der Waals surface area contributed by atoms with Gasteiger partial charge in [-0.15, -0.1) is 0 Å². The lowest BCUT2D eigenvalue weighted by atomic mass is 9.77. The molecule has 1 aromatic rings. The van der Waals surface area contributed by atoms with Crippen LogP contribution in [0.4, 0.5) is 0 Å². The van der Waals surface area contributed by atoms with Crippen molar-refractivity contribution < 1.29 is 5.11 Å². The Balaban J connectivity index is 1.78. The van der Waals surface area contributed by atoms with Crippen LogP contribution in [-0.4, -0.2) is 5.11 Å². The highest BCUT2D eigenvalue weighted by atomic mass is 16.3. The van der Waals surface area contributed by atoms with Gasteiger partial charge in [-0.05, 0) is 42.7 Å². The molecule has 1 heteroatoms. The van der Waals surface area contributed by atoms with Crippen molar-refractivity contribution in [3.63, 3.8) is 0 Å². The first-order valence-electron chi connectivity index (χ1n) is 7.11. The highest BCUT2D eigenvalue weighted by Crippen LogP contribution is 2.39. The molecule has 0 aliphatic heterocycles. The number of hydrogen-bond donors (Lipinski definition) is 1. The third-order valence-corrected chi connectivity index (χ3v) is 4.71. The number of hydrogen-bond acceptors (Lipinski definition) is 1. The van der Waals surface area contributed by atoms with Crippen LogP contribution in [-0.2, 0) is 5.60 Å². The normalized spacial score (nSPS) is 24.3. The monoisotopic (exact) mass is 230 g/mol. The second kappa shape index (κ2) is 4.45. The Labute approximate surface area is 104 Å². The molecule has 1 N–H and O–H groups in total. The molecule has 0 spiro atoms. The van der Waals surface area contributed by atoms with Crippen LogP contribution in [0.1, 0.15) is 68.4 Å². The molecule has 3 rings (SSSR count). The number of aliphatic hydroxyl groups is 1. The summed E-state index contributed by atoms with van der Waals surface area (Å²) < 4.78 is 0. The third kappa shape index (κ3) is 2.13. The fraction of sp³-hybridized carbons (Fsp3) is 0.625. The van der Waals surface area contributed by atoms with Crippen molar-refractivity contribution in [1.82, 2.24) is 0 Å². The SMILES string of the molecule is OC1(c2ccc(C3CCC3)cc2)CCCCC1. The average Bonchev–Trinajstić information content (AvgIpc) is 2.28. The van der Waals surface area contributed by atoms with Gasteiger partial charge < -0.3 is 5.11 Å². The van der Waals surface area contributed by atoms with E-state index in [-0.39, 0.29) is 0 Å². The summed E-state index contributed by atoms with van der Waals surface area (Å²) in [5, 5.41) is 10.6. The molecular weight excluding hydrogens is 208 g/mol. The summed E-state index contributed by atoms with van der Waals surface area (Å²) in [6.45, 7) is 0. The van der Waals surface area contributed by atoms with E-state index in [2.05, 4.69) is 24.3 Å². The van der Waals surface area contributed by atoms with Crippen LogP contribution in [0.5, 0.6) is 0 Å². The topological polar surface area (TPSA) is 20.2 Å². The Hall–Kier alpha value is -0.820. The molecule has 2 fully saturated rings. The third-order valence-electron chi connectivity index (χ3n) is 4.71. The second-order valence-corrected chi connectivity index (χ2v) is 5.84. The summed E-state index contributed by atoms with van der Waals surface area (Å²) in [7, 11) is 0. The Morgan fingerprint density at radius 2 is 1.53 bits per heavy atom. The summed E-state index contributed by atoms with van der Waals surface area (Å²) in [4.78, 5) is 0. The molecule has 2 saturated carbocycles. The zero-order valence-electron chi connectivity index (χ0n) is 10.5. The molecule has 2 aliphatic carbocycles. The fourth-order valence-electron chi connectivity index (χ4n) is 3.23. The summed E-state index contributed by atoms with van der Waals surface area (Å²) in [5.74, 6) is 0.796. The predicted octanol–water partition coefficient (Wildman–Crippen LogP) is 4.11. The van der Waals surface area contributed by atoms with Gasteiger partial charge in [0.15, 0.2) is 0 Å². The van der Waals surface area contributed by atoms with Gasteiger partial charge in [0, 0.05) is 0 Å². The van der Waals surface area contributed by atoms with E-state index in [9.17, 15) is 5.11 Å². The van der Waals surface area contributed by atoms with E-state index < -0.39 is 5.60 Å². The van der Waals surface area contributed by atoms with Crippen LogP contribution >= 0.6 is 0 Å². The number of rotatable bonds is 2. The van der Waals surface area contributed by atoms with Crippen molar-refractivity contribution >= 4 is 0 Å². The van der Waals surface area contributed by atoms with Gasteiger partial charge in [0.25, 0.3) is 0 Å². The Morgan fingerprint density at radius 3 is 2.06 bits per heavy atom. The molecule has 1 nitrogen and oxygen atoms in total. The minimum atomic E-state index is -0.531. The maximum Gasteiger partial charge on any atom is 0.0896 e.